The van der Waals surface area contributed by atoms with Gasteiger partial charge in [0, 0.05) is 0 Å². The Hall–Kier alpha value is -2.70. The van der Waals surface area contributed by atoms with Crippen LogP contribution in [0.1, 0.15) is 0 Å². The molecule has 7 N–H and O–H groups in total. The molecule has 0 heterocycles. The van der Waals surface area contributed by atoms with Crippen LogP contribution in [0.2, 0.25) is 0 Å². The summed E-state index contributed by atoms with van der Waals surface area (Å²) in [6.45, 7) is 0. The van der Waals surface area contributed by atoms with Crippen LogP contribution in [0.4, 0.5) is 0 Å². The summed E-state index contributed by atoms with van der Waals surface area (Å²) in [4.78, 5) is 41.2. The molecule has 0 fully saturated rings. The summed E-state index contributed by atoms with van der Waals surface area (Å²) in [7, 11) is 0. The maximum atomic E-state index is 8.25. The summed E-state index contributed by atoms with van der Waals surface area (Å²) in [6, 6.07) is 0. The Labute approximate surface area is 155 Å². The average Bonchev–Trinajstić information content (AvgIpc) is 1.94. The molecule has 0 atom stereocenters. The van der Waals surface area contributed by atoms with E-state index in [0.717, 1.165) is 0 Å². The molecule has 0 unspecified atom stereocenters. The van der Waals surface area contributed by atoms with Crippen LogP contribution in [0.25, 0.3) is 0 Å². The molecule has 23 heavy (non-hydrogen) atoms. The Morgan fingerprint density at radius 3 is 0.391 bits per heavy atom. The zero-order chi connectivity index (χ0) is 17.9. The topological polar surface area (TPSA) is 400 Å². The first-order chi connectivity index (χ1) is 8.66. The first-order valence-electron chi connectivity index (χ1n) is 2.74. The second-order valence-electron chi connectivity index (χ2n) is 1.12. The van der Waals surface area contributed by atoms with E-state index in [1.165, 1.54) is 0 Å². The SMILES string of the molecule is N.O=[N+]([O-])[O-].O=[N+]([O-])[O-].O=[N+]([O-])[O-].O=[N+]([O-])[O-].O=[N+]([O-])[O-].[Ce+3].[OH4+2]. The fraction of sp³-hybridized carbons (Fsp3) is 0. The third-order valence-corrected chi connectivity index (χ3v) is 0. The minimum absolute atomic E-state index is 0. The molecular weight excluding hydrogens is 480 g/mol. The fourth-order valence-electron chi connectivity index (χ4n) is 0. The predicted molar refractivity (Wildman–Crippen MR) is 63.1 cm³/mol. The Morgan fingerprint density at radius 2 is 0.391 bits per heavy atom. The standard InChI is InChI=1S/Ce.5NO3.H3N.H4O/c;5*2-1(3)4;;/h;;;;;;1H3;1H4/q+3;5*-1;;+2. The molecule has 0 aliphatic heterocycles. The smallest absolute Gasteiger partial charge is 0.873 e. The van der Waals surface area contributed by atoms with E-state index in [4.69, 9.17) is 76.6 Å². The van der Waals surface area contributed by atoms with Crippen molar-refractivity contribution >= 4 is 0 Å². The zero-order valence-electron chi connectivity index (χ0n) is 10.3. The van der Waals surface area contributed by atoms with E-state index in [1.807, 2.05) is 0 Å². The van der Waals surface area contributed by atoms with Crippen molar-refractivity contribution in [2.45, 2.75) is 0 Å². The van der Waals surface area contributed by atoms with Crippen LogP contribution >= 0.6 is 0 Å². The van der Waals surface area contributed by atoms with E-state index in [-0.39, 0.29) is 53.4 Å². The molecule has 0 aromatic carbocycles. The van der Waals surface area contributed by atoms with Crippen LogP contribution in [-0.2, 0) is 5.48 Å². The van der Waals surface area contributed by atoms with E-state index in [1.54, 1.807) is 0 Å². The van der Waals surface area contributed by atoms with Crippen LogP contribution < -0.4 is 6.15 Å². The van der Waals surface area contributed by atoms with Crippen LogP contribution in [-0.4, -0.2) is 25.4 Å². The molecule has 0 spiro atoms. The van der Waals surface area contributed by atoms with Crippen molar-refractivity contribution in [1.29, 1.82) is 0 Å². The van der Waals surface area contributed by atoms with Gasteiger partial charge in [-0.05, 0) is 0 Å². The van der Waals surface area contributed by atoms with E-state index in [0.29, 0.717) is 0 Å². The molecule has 0 aliphatic carbocycles. The van der Waals surface area contributed by atoms with E-state index in [2.05, 4.69) is 0 Å². The molecule has 137 valence electrons. The van der Waals surface area contributed by atoms with Gasteiger partial charge >= 0.3 is 41.7 Å². The van der Waals surface area contributed by atoms with E-state index in [9.17, 15) is 0 Å². The van der Waals surface area contributed by atoms with Gasteiger partial charge in [-0.1, -0.05) is 0 Å². The first-order valence-corrected chi connectivity index (χ1v) is 2.74. The van der Waals surface area contributed by atoms with Gasteiger partial charge in [-0.2, -0.15) is 0 Å². The van der Waals surface area contributed by atoms with Gasteiger partial charge in [-0.25, -0.2) is 0 Å². The van der Waals surface area contributed by atoms with Crippen molar-refractivity contribution in [2.24, 2.45) is 0 Å². The van der Waals surface area contributed by atoms with Crippen LogP contribution in [0.15, 0.2) is 0 Å². The van der Waals surface area contributed by atoms with Crippen molar-refractivity contribution < 1.29 is 72.7 Å². The largest absolute Gasteiger partial charge is 3.00 e. The van der Waals surface area contributed by atoms with Gasteiger partial charge in [0.15, 0.2) is 0 Å². The number of rotatable bonds is 0. The molecule has 0 bridgehead atoms. The van der Waals surface area contributed by atoms with Crippen molar-refractivity contribution in [3.05, 3.63) is 76.6 Å². The summed E-state index contributed by atoms with van der Waals surface area (Å²) in [5.41, 5.74) is 0. The monoisotopic (exact) mass is 487 g/mol. The molecule has 22 nitrogen and oxygen atoms in total. The second kappa shape index (κ2) is 42.7. The predicted octanol–water partition coefficient (Wildman–Crippen LogP) is -2.22. The quantitative estimate of drug-likeness (QED) is 0.279. The summed E-state index contributed by atoms with van der Waals surface area (Å²) < 4.78 is 0. The summed E-state index contributed by atoms with van der Waals surface area (Å²) in [6.07, 6.45) is 0. The maximum absolute atomic E-state index is 8.25. The van der Waals surface area contributed by atoms with Gasteiger partial charge in [-0.15, -0.1) is 0 Å². The van der Waals surface area contributed by atoms with Gasteiger partial charge in [-0.3, -0.25) is 0 Å². The van der Waals surface area contributed by atoms with Gasteiger partial charge in [0.25, 0.3) is 0 Å². The Bertz CT molecular complexity index is 209. The maximum Gasteiger partial charge on any atom is 3.00 e. The Morgan fingerprint density at radius 1 is 0.391 bits per heavy atom. The zero-order valence-corrected chi connectivity index (χ0v) is 13.4. The summed E-state index contributed by atoms with van der Waals surface area (Å²) >= 11 is 0. The third kappa shape index (κ3) is 790. The minimum atomic E-state index is -1.75. The number of hydrogen-bond acceptors (Lipinski definition) is 16. The molecule has 0 saturated heterocycles. The first kappa shape index (κ1) is 50.0. The van der Waals surface area contributed by atoms with Gasteiger partial charge in [0.05, 0.1) is 25.4 Å². The molecule has 0 aliphatic rings. The van der Waals surface area contributed by atoms with E-state index >= 15 is 0 Å². The molecule has 0 rings (SSSR count). The Kier molecular flexibility index (Phi) is 92.8. The normalized spacial score (nSPS) is 5.22. The number of hydrogen-bond donors (Lipinski definition) is 1. The number of nitrogens with zero attached hydrogens (tertiary/aromatic N) is 5. The van der Waals surface area contributed by atoms with Crippen molar-refractivity contribution in [1.82, 2.24) is 6.15 Å². The molecule has 0 amide bonds. The molecular formula is H7CeN6O16. The molecule has 1 radical (unpaired) electrons. The molecule has 23 heteroatoms. The van der Waals surface area contributed by atoms with Crippen LogP contribution in [0, 0.1) is 118 Å². The fourth-order valence-corrected chi connectivity index (χ4v) is 0. The molecule has 0 aromatic heterocycles. The van der Waals surface area contributed by atoms with Crippen molar-refractivity contribution in [2.75, 3.05) is 0 Å². The van der Waals surface area contributed by atoms with Crippen molar-refractivity contribution in [3.8, 4) is 0 Å². The molecule has 0 aromatic rings. The second-order valence-corrected chi connectivity index (χ2v) is 1.12. The average molecular weight is 487 g/mol. The molecule has 0 saturated carbocycles. The minimum Gasteiger partial charge on any atom is -0.873 e. The van der Waals surface area contributed by atoms with Gasteiger partial charge < -0.3 is 88.2 Å². The summed E-state index contributed by atoms with van der Waals surface area (Å²) in [5, 5.41) is 73.8. The van der Waals surface area contributed by atoms with Gasteiger partial charge in [0.2, 0.25) is 0 Å². The van der Waals surface area contributed by atoms with Crippen LogP contribution in [0.5, 0.6) is 0 Å². The Balaban J connectivity index is -0.0000000197. The summed E-state index contributed by atoms with van der Waals surface area (Å²) in [5.74, 6) is 0. The third-order valence-electron chi connectivity index (χ3n) is 0. The van der Waals surface area contributed by atoms with E-state index < -0.39 is 25.4 Å². The van der Waals surface area contributed by atoms with Gasteiger partial charge in [0.1, 0.15) is 0 Å². The van der Waals surface area contributed by atoms with Crippen molar-refractivity contribution in [3.63, 3.8) is 0 Å². The van der Waals surface area contributed by atoms with Crippen LogP contribution in [0.3, 0.4) is 0 Å².